The average Bonchev–Trinajstić information content (AvgIpc) is 2.34. The quantitative estimate of drug-likeness (QED) is 0.578. The highest BCUT2D eigenvalue weighted by molar-refractivity contribution is 7.04. The third kappa shape index (κ3) is 0.874. The molecule has 2 rings (SSSR count). The molecule has 2 aromatic heterocycles. The van der Waals surface area contributed by atoms with Crippen LogP contribution in [0.4, 0.5) is 5.95 Å². The highest BCUT2D eigenvalue weighted by Crippen LogP contribution is 2.07. The number of aromatic nitrogens is 3. The standard InChI is InChI=1S/C5H4N4OS/c6-5-7-2-1-11-9-3(2)4(10)8-5/h1H,(H3,6,7,8,10). The van der Waals surface area contributed by atoms with E-state index in [1.165, 1.54) is 11.5 Å². The summed E-state index contributed by atoms with van der Waals surface area (Å²) < 4.78 is 3.84. The van der Waals surface area contributed by atoms with E-state index >= 15 is 0 Å². The number of nitrogens with one attached hydrogen (secondary N) is 1. The van der Waals surface area contributed by atoms with Crippen LogP contribution in [0, 0.1) is 0 Å². The van der Waals surface area contributed by atoms with Crippen molar-refractivity contribution in [3.05, 3.63) is 15.7 Å². The first-order chi connectivity index (χ1) is 5.27. The Morgan fingerprint density at radius 1 is 1.64 bits per heavy atom. The molecule has 6 heteroatoms. The molecule has 0 saturated heterocycles. The van der Waals surface area contributed by atoms with E-state index in [4.69, 9.17) is 5.73 Å². The monoisotopic (exact) mass is 168 g/mol. The summed E-state index contributed by atoms with van der Waals surface area (Å²) in [5.41, 5.74) is 5.91. The molecule has 0 fully saturated rings. The van der Waals surface area contributed by atoms with E-state index in [-0.39, 0.29) is 11.5 Å². The van der Waals surface area contributed by atoms with Crippen molar-refractivity contribution >= 4 is 28.5 Å². The molecule has 0 aliphatic rings. The molecule has 0 saturated carbocycles. The smallest absolute Gasteiger partial charge is 0.279 e. The van der Waals surface area contributed by atoms with Crippen molar-refractivity contribution in [2.24, 2.45) is 0 Å². The summed E-state index contributed by atoms with van der Waals surface area (Å²) in [5, 5.41) is 1.68. The van der Waals surface area contributed by atoms with E-state index in [2.05, 4.69) is 14.3 Å². The van der Waals surface area contributed by atoms with Gasteiger partial charge in [-0.05, 0) is 11.5 Å². The first kappa shape index (κ1) is 6.29. The minimum atomic E-state index is -0.284. The summed E-state index contributed by atoms with van der Waals surface area (Å²) >= 11 is 1.19. The van der Waals surface area contributed by atoms with Crippen molar-refractivity contribution in [1.29, 1.82) is 0 Å². The summed E-state index contributed by atoms with van der Waals surface area (Å²) in [7, 11) is 0. The second-order valence-electron chi connectivity index (χ2n) is 2.00. The van der Waals surface area contributed by atoms with Crippen LogP contribution in [0.15, 0.2) is 10.2 Å². The Bertz CT molecular complexity index is 445. The fourth-order valence-corrected chi connectivity index (χ4v) is 1.40. The fraction of sp³-hybridized carbons (Fsp3) is 0. The van der Waals surface area contributed by atoms with E-state index in [1.54, 1.807) is 5.38 Å². The minimum absolute atomic E-state index is 0.128. The van der Waals surface area contributed by atoms with Crippen LogP contribution in [0.2, 0.25) is 0 Å². The van der Waals surface area contributed by atoms with Gasteiger partial charge in [0.15, 0.2) is 5.52 Å². The highest BCUT2D eigenvalue weighted by atomic mass is 32.1. The number of fused-ring (bicyclic) bond motifs is 1. The van der Waals surface area contributed by atoms with Gasteiger partial charge in [-0.15, -0.1) is 0 Å². The van der Waals surface area contributed by atoms with Gasteiger partial charge in [-0.25, -0.2) is 4.98 Å². The van der Waals surface area contributed by atoms with E-state index in [9.17, 15) is 4.79 Å². The topological polar surface area (TPSA) is 84.7 Å². The number of aromatic amines is 1. The zero-order chi connectivity index (χ0) is 7.84. The lowest BCUT2D eigenvalue weighted by Crippen LogP contribution is -2.10. The van der Waals surface area contributed by atoms with E-state index < -0.39 is 0 Å². The Hall–Kier alpha value is -1.43. The molecule has 0 radical (unpaired) electrons. The SMILES string of the molecule is Nc1nc2csnc2c(=O)[nH]1. The first-order valence-electron chi connectivity index (χ1n) is 2.87. The molecule has 0 amide bonds. The van der Waals surface area contributed by atoms with Gasteiger partial charge < -0.3 is 5.73 Å². The number of rotatable bonds is 0. The molecular formula is C5H4N4OS. The molecule has 0 spiro atoms. The Labute approximate surface area is 65.1 Å². The Kier molecular flexibility index (Phi) is 1.16. The maximum atomic E-state index is 11.0. The second kappa shape index (κ2) is 2.03. The van der Waals surface area contributed by atoms with Gasteiger partial charge in [-0.2, -0.15) is 4.37 Å². The van der Waals surface area contributed by atoms with Crippen LogP contribution >= 0.6 is 11.5 Å². The Morgan fingerprint density at radius 2 is 2.45 bits per heavy atom. The largest absolute Gasteiger partial charge is 0.369 e. The molecule has 3 N–H and O–H groups in total. The molecule has 2 aromatic rings. The Morgan fingerprint density at radius 3 is 3.27 bits per heavy atom. The lowest BCUT2D eigenvalue weighted by molar-refractivity contribution is 1.18. The van der Waals surface area contributed by atoms with Crippen molar-refractivity contribution in [3.63, 3.8) is 0 Å². The minimum Gasteiger partial charge on any atom is -0.369 e. The maximum absolute atomic E-state index is 11.0. The molecule has 0 unspecified atom stereocenters. The zero-order valence-corrected chi connectivity index (χ0v) is 6.18. The molecule has 0 aliphatic carbocycles. The summed E-state index contributed by atoms with van der Waals surface area (Å²) in [6.45, 7) is 0. The molecule has 2 heterocycles. The molecule has 0 aliphatic heterocycles. The van der Waals surface area contributed by atoms with Crippen LogP contribution in [0.1, 0.15) is 0 Å². The number of nitrogens with zero attached hydrogens (tertiary/aromatic N) is 2. The number of nitrogen functional groups attached to an aromatic ring is 1. The second-order valence-corrected chi connectivity index (χ2v) is 2.63. The molecule has 0 aromatic carbocycles. The van der Waals surface area contributed by atoms with E-state index in [1.807, 2.05) is 0 Å². The van der Waals surface area contributed by atoms with Crippen LogP contribution in [-0.4, -0.2) is 14.3 Å². The average molecular weight is 168 g/mol. The molecule has 5 nitrogen and oxygen atoms in total. The van der Waals surface area contributed by atoms with Crippen LogP contribution in [0.3, 0.4) is 0 Å². The van der Waals surface area contributed by atoms with Crippen molar-refractivity contribution in [2.75, 3.05) is 5.73 Å². The lowest BCUT2D eigenvalue weighted by atomic mass is 10.5. The third-order valence-electron chi connectivity index (χ3n) is 1.25. The Balaban J connectivity index is 3.02. The third-order valence-corrected chi connectivity index (χ3v) is 1.87. The normalized spacial score (nSPS) is 10.5. The zero-order valence-electron chi connectivity index (χ0n) is 5.37. The number of hydrogen-bond donors (Lipinski definition) is 2. The number of anilines is 1. The van der Waals surface area contributed by atoms with E-state index in [0.29, 0.717) is 11.0 Å². The van der Waals surface area contributed by atoms with Crippen molar-refractivity contribution in [1.82, 2.24) is 14.3 Å². The highest BCUT2D eigenvalue weighted by Gasteiger charge is 2.02. The van der Waals surface area contributed by atoms with Gasteiger partial charge in [0.05, 0.1) is 0 Å². The molecule has 0 bridgehead atoms. The lowest BCUT2D eigenvalue weighted by Gasteiger charge is -1.89. The van der Waals surface area contributed by atoms with Crippen LogP contribution in [-0.2, 0) is 0 Å². The van der Waals surface area contributed by atoms with Crippen molar-refractivity contribution < 1.29 is 0 Å². The van der Waals surface area contributed by atoms with Crippen LogP contribution < -0.4 is 11.3 Å². The molecule has 56 valence electrons. The molecule has 11 heavy (non-hydrogen) atoms. The summed E-state index contributed by atoms with van der Waals surface area (Å²) in [4.78, 5) is 17.3. The summed E-state index contributed by atoms with van der Waals surface area (Å²) in [6, 6.07) is 0. The van der Waals surface area contributed by atoms with Gasteiger partial charge in [0.25, 0.3) is 5.56 Å². The predicted octanol–water partition coefficient (Wildman–Crippen LogP) is -0.0382. The van der Waals surface area contributed by atoms with Gasteiger partial charge in [0.2, 0.25) is 5.95 Å². The summed E-state index contributed by atoms with van der Waals surface area (Å²) in [5.74, 6) is 0.128. The van der Waals surface area contributed by atoms with Crippen molar-refractivity contribution in [3.8, 4) is 0 Å². The van der Waals surface area contributed by atoms with Gasteiger partial charge in [-0.1, -0.05) is 0 Å². The number of hydrogen-bond acceptors (Lipinski definition) is 5. The van der Waals surface area contributed by atoms with Gasteiger partial charge >= 0.3 is 0 Å². The number of H-pyrrole nitrogens is 1. The number of nitrogens with two attached hydrogens (primary N) is 1. The van der Waals surface area contributed by atoms with Gasteiger partial charge in [-0.3, -0.25) is 9.78 Å². The van der Waals surface area contributed by atoms with Crippen molar-refractivity contribution in [2.45, 2.75) is 0 Å². The molecule has 0 atom stereocenters. The molecular weight excluding hydrogens is 164 g/mol. The first-order valence-corrected chi connectivity index (χ1v) is 3.71. The van der Waals surface area contributed by atoms with Gasteiger partial charge in [0, 0.05) is 5.38 Å². The van der Waals surface area contributed by atoms with Crippen LogP contribution in [0.25, 0.3) is 11.0 Å². The van der Waals surface area contributed by atoms with E-state index in [0.717, 1.165) is 0 Å². The predicted molar refractivity (Wildman–Crippen MR) is 42.4 cm³/mol. The van der Waals surface area contributed by atoms with Gasteiger partial charge in [0.1, 0.15) is 5.52 Å². The summed E-state index contributed by atoms with van der Waals surface area (Å²) in [6.07, 6.45) is 0. The van der Waals surface area contributed by atoms with Crippen LogP contribution in [0.5, 0.6) is 0 Å². The fourth-order valence-electron chi connectivity index (χ4n) is 0.802. The maximum Gasteiger partial charge on any atom is 0.279 e.